The molecule has 0 aliphatic carbocycles. The van der Waals surface area contributed by atoms with Crippen LogP contribution in [-0.2, 0) is 9.84 Å². The third kappa shape index (κ3) is 3.27. The normalized spacial score (nSPS) is 11.1. The smallest absolute Gasteiger partial charge is 0.215 e. The summed E-state index contributed by atoms with van der Waals surface area (Å²) < 4.78 is 27.2. The molecule has 1 rings (SSSR count). The van der Waals surface area contributed by atoms with Crippen molar-refractivity contribution in [2.45, 2.75) is 6.92 Å². The fourth-order valence-corrected chi connectivity index (χ4v) is 1.66. The number of carbonyl (C=O) groups excluding carboxylic acids is 1. The third-order valence-corrected chi connectivity index (χ3v) is 3.49. The van der Waals surface area contributed by atoms with Crippen LogP contribution in [0.4, 0.5) is 0 Å². The van der Waals surface area contributed by atoms with Crippen molar-refractivity contribution in [3.8, 4) is 5.75 Å². The predicted octanol–water partition coefficient (Wildman–Crippen LogP) is 0.103. The van der Waals surface area contributed by atoms with Crippen LogP contribution in [0.3, 0.4) is 0 Å². The van der Waals surface area contributed by atoms with E-state index in [0.717, 1.165) is 0 Å². The first-order valence-electron chi connectivity index (χ1n) is 4.58. The van der Waals surface area contributed by atoms with Crippen LogP contribution in [0.5, 0.6) is 5.75 Å². The maximum atomic E-state index is 11.5. The molecule has 6 nitrogen and oxygen atoms in total. The van der Waals surface area contributed by atoms with Gasteiger partial charge in [0.2, 0.25) is 5.78 Å². The molecule has 1 heterocycles. The van der Waals surface area contributed by atoms with Crippen LogP contribution in [0.1, 0.15) is 17.5 Å². The van der Waals surface area contributed by atoms with Gasteiger partial charge < -0.3 is 4.74 Å². The van der Waals surface area contributed by atoms with Crippen molar-refractivity contribution < 1.29 is 17.9 Å². The number of nitrogens with zero attached hydrogens (tertiary/aromatic N) is 2. The monoisotopic (exact) mass is 244 g/mol. The molecule has 0 atom stereocenters. The fraction of sp³-hybridized carbons (Fsp3) is 0.444. The zero-order valence-corrected chi connectivity index (χ0v) is 9.82. The lowest BCUT2D eigenvalue weighted by Crippen LogP contribution is -2.19. The highest BCUT2D eigenvalue weighted by Crippen LogP contribution is 2.05. The molecule has 1 aromatic rings. The first-order valence-corrected chi connectivity index (χ1v) is 6.40. The Kier molecular flexibility index (Phi) is 3.94. The van der Waals surface area contributed by atoms with Crippen LogP contribution in [-0.4, -0.2) is 42.8 Å². The highest BCUT2D eigenvalue weighted by atomic mass is 32.2. The molecule has 0 aliphatic rings. The third-order valence-electron chi connectivity index (χ3n) is 1.90. The second-order valence-electron chi connectivity index (χ2n) is 3.05. The number of carbonyl (C=O) groups is 1. The quantitative estimate of drug-likeness (QED) is 0.683. The molecule has 7 heteroatoms. The zero-order valence-electron chi connectivity index (χ0n) is 9.00. The lowest BCUT2D eigenvalue weighted by molar-refractivity contribution is 0.101. The van der Waals surface area contributed by atoms with Crippen molar-refractivity contribution in [1.82, 2.24) is 9.97 Å². The average Bonchev–Trinajstić information content (AvgIpc) is 2.28. The number of ketones is 1. The summed E-state index contributed by atoms with van der Waals surface area (Å²) in [6.07, 6.45) is 2.64. The van der Waals surface area contributed by atoms with Crippen molar-refractivity contribution in [3.05, 3.63) is 18.2 Å². The van der Waals surface area contributed by atoms with Crippen LogP contribution in [0.15, 0.2) is 12.4 Å². The summed E-state index contributed by atoms with van der Waals surface area (Å²) in [4.78, 5) is 18.9. The summed E-state index contributed by atoms with van der Waals surface area (Å²) in [5.41, 5.74) is 0. The summed E-state index contributed by atoms with van der Waals surface area (Å²) in [7, 11) is -1.90. The summed E-state index contributed by atoms with van der Waals surface area (Å²) >= 11 is 0. The minimum atomic E-state index is -3.34. The van der Waals surface area contributed by atoms with Gasteiger partial charge in [0.05, 0.1) is 19.5 Å². The number of aromatic nitrogens is 2. The van der Waals surface area contributed by atoms with Gasteiger partial charge in [-0.1, -0.05) is 6.92 Å². The second-order valence-corrected chi connectivity index (χ2v) is 5.40. The fourth-order valence-electron chi connectivity index (χ4n) is 0.932. The molecule has 0 radical (unpaired) electrons. The number of rotatable bonds is 5. The Morgan fingerprint density at radius 1 is 1.38 bits per heavy atom. The Morgan fingerprint density at radius 2 is 1.94 bits per heavy atom. The Morgan fingerprint density at radius 3 is 2.38 bits per heavy atom. The van der Waals surface area contributed by atoms with Gasteiger partial charge in [-0.3, -0.25) is 4.79 Å². The molecule has 0 unspecified atom stereocenters. The Balaban J connectivity index is 2.81. The van der Waals surface area contributed by atoms with E-state index >= 15 is 0 Å². The van der Waals surface area contributed by atoms with Crippen molar-refractivity contribution in [2.24, 2.45) is 0 Å². The number of hydrogen-bond donors (Lipinski definition) is 0. The molecular formula is C9H12N2O4S. The SMILES string of the molecule is CCS(=O)(=O)CC(=O)c1ncc(OC)cn1. The summed E-state index contributed by atoms with van der Waals surface area (Å²) in [6, 6.07) is 0. The standard InChI is InChI=1S/C9H12N2O4S/c1-3-16(13,14)6-8(12)9-10-4-7(15-2)5-11-9/h4-5H,3,6H2,1-2H3. The number of sulfone groups is 1. The molecule has 0 saturated carbocycles. The molecule has 0 N–H and O–H groups in total. The number of ether oxygens (including phenoxy) is 1. The Bertz CT molecular complexity index is 467. The lowest BCUT2D eigenvalue weighted by atomic mass is 10.4. The second kappa shape index (κ2) is 5.02. The highest BCUT2D eigenvalue weighted by molar-refractivity contribution is 7.92. The number of hydrogen-bond acceptors (Lipinski definition) is 6. The summed E-state index contributed by atoms with van der Waals surface area (Å²) in [6.45, 7) is 1.48. The molecule has 88 valence electrons. The largest absolute Gasteiger partial charge is 0.494 e. The first-order chi connectivity index (χ1) is 7.48. The zero-order chi connectivity index (χ0) is 12.2. The molecule has 0 spiro atoms. The van der Waals surface area contributed by atoms with Gasteiger partial charge in [-0.05, 0) is 0 Å². The van der Waals surface area contributed by atoms with Crippen molar-refractivity contribution >= 4 is 15.6 Å². The highest BCUT2D eigenvalue weighted by Gasteiger charge is 2.18. The van der Waals surface area contributed by atoms with Gasteiger partial charge in [0.25, 0.3) is 0 Å². The lowest BCUT2D eigenvalue weighted by Gasteiger charge is -2.01. The summed E-state index contributed by atoms with van der Waals surface area (Å²) in [5.74, 6) is -0.942. The van der Waals surface area contributed by atoms with Gasteiger partial charge in [0, 0.05) is 5.75 Å². The number of Topliss-reactive ketones (excluding diaryl/α,β-unsaturated/α-hetero) is 1. The van der Waals surface area contributed by atoms with Gasteiger partial charge in [0.15, 0.2) is 21.4 Å². The molecule has 0 bridgehead atoms. The average molecular weight is 244 g/mol. The number of methoxy groups -OCH3 is 1. The van der Waals surface area contributed by atoms with Gasteiger partial charge in [0.1, 0.15) is 5.75 Å². The van der Waals surface area contributed by atoms with Crippen molar-refractivity contribution in [3.63, 3.8) is 0 Å². The maximum absolute atomic E-state index is 11.5. The minimum absolute atomic E-state index is 0.0745. The van der Waals surface area contributed by atoms with E-state index in [1.807, 2.05) is 0 Å². The van der Waals surface area contributed by atoms with Crippen LogP contribution >= 0.6 is 0 Å². The van der Waals surface area contributed by atoms with Crippen molar-refractivity contribution in [2.75, 3.05) is 18.6 Å². The Labute approximate surface area is 93.6 Å². The van der Waals surface area contributed by atoms with Crippen LogP contribution in [0.25, 0.3) is 0 Å². The van der Waals surface area contributed by atoms with E-state index < -0.39 is 21.4 Å². The van der Waals surface area contributed by atoms with Crippen LogP contribution in [0, 0.1) is 0 Å². The van der Waals surface area contributed by atoms with E-state index in [1.165, 1.54) is 26.4 Å². The van der Waals surface area contributed by atoms with E-state index in [4.69, 9.17) is 4.74 Å². The molecule has 16 heavy (non-hydrogen) atoms. The summed E-state index contributed by atoms with van der Waals surface area (Å²) in [5, 5.41) is 0. The predicted molar refractivity (Wildman–Crippen MR) is 57.2 cm³/mol. The molecule has 0 amide bonds. The minimum Gasteiger partial charge on any atom is -0.494 e. The van der Waals surface area contributed by atoms with Crippen LogP contribution in [0.2, 0.25) is 0 Å². The van der Waals surface area contributed by atoms with Crippen LogP contribution < -0.4 is 4.74 Å². The molecule has 0 aliphatic heterocycles. The topological polar surface area (TPSA) is 86.2 Å². The maximum Gasteiger partial charge on any atom is 0.215 e. The van der Waals surface area contributed by atoms with Crippen molar-refractivity contribution in [1.29, 1.82) is 0 Å². The molecule has 0 saturated heterocycles. The van der Waals surface area contributed by atoms with E-state index in [2.05, 4.69) is 9.97 Å². The van der Waals surface area contributed by atoms with Gasteiger partial charge >= 0.3 is 0 Å². The van der Waals surface area contributed by atoms with E-state index in [9.17, 15) is 13.2 Å². The molecule has 0 aromatic carbocycles. The first kappa shape index (κ1) is 12.6. The Hall–Kier alpha value is -1.50. The van der Waals surface area contributed by atoms with Gasteiger partial charge in [-0.15, -0.1) is 0 Å². The van der Waals surface area contributed by atoms with E-state index in [-0.39, 0.29) is 11.6 Å². The van der Waals surface area contributed by atoms with Gasteiger partial charge in [-0.25, -0.2) is 18.4 Å². The molecule has 0 fully saturated rings. The van der Waals surface area contributed by atoms with E-state index in [1.54, 1.807) is 0 Å². The van der Waals surface area contributed by atoms with E-state index in [0.29, 0.717) is 5.75 Å². The molecule has 1 aromatic heterocycles. The molecular weight excluding hydrogens is 232 g/mol. The van der Waals surface area contributed by atoms with Gasteiger partial charge in [-0.2, -0.15) is 0 Å².